The van der Waals surface area contributed by atoms with Crippen LogP contribution in [-0.4, -0.2) is 87.3 Å². The Hall–Kier alpha value is -3.58. The van der Waals surface area contributed by atoms with Crippen LogP contribution >= 0.6 is 11.8 Å². The molecule has 0 saturated carbocycles. The molecule has 1 saturated heterocycles. The summed E-state index contributed by atoms with van der Waals surface area (Å²) in [5.74, 6) is -3.31. The van der Waals surface area contributed by atoms with Gasteiger partial charge in [-0.05, 0) is 49.3 Å². The minimum absolute atomic E-state index is 0.189. The van der Waals surface area contributed by atoms with Crippen molar-refractivity contribution in [2.24, 2.45) is 11.5 Å². The third-order valence-electron chi connectivity index (χ3n) is 6.54. The molecule has 3 rings (SSSR count). The lowest BCUT2D eigenvalue weighted by atomic mass is 10.0. The minimum Gasteiger partial charge on any atom is -0.480 e. The van der Waals surface area contributed by atoms with Crippen molar-refractivity contribution >= 4 is 52.3 Å². The molecule has 2 aromatic rings. The van der Waals surface area contributed by atoms with Crippen LogP contribution in [0.2, 0.25) is 0 Å². The van der Waals surface area contributed by atoms with E-state index in [4.69, 9.17) is 11.5 Å². The van der Waals surface area contributed by atoms with Crippen molar-refractivity contribution in [3.8, 4) is 0 Å². The Morgan fingerprint density at radius 1 is 1.18 bits per heavy atom. The maximum Gasteiger partial charge on any atom is 0.326 e. The highest BCUT2D eigenvalue weighted by Crippen LogP contribution is 2.21. The summed E-state index contributed by atoms with van der Waals surface area (Å²) in [5.41, 5.74) is 13.2. The number of carboxylic acids is 1. The largest absolute Gasteiger partial charge is 0.480 e. The predicted molar refractivity (Wildman–Crippen MR) is 143 cm³/mol. The van der Waals surface area contributed by atoms with Gasteiger partial charge in [0.15, 0.2) is 0 Å². The second-order valence-corrected chi connectivity index (χ2v) is 10.3. The number of aromatic amines is 1. The number of aliphatic carboxylic acids is 1. The number of carboxylic acid groups (broad SMARTS) is 1. The van der Waals surface area contributed by atoms with Crippen molar-refractivity contribution in [1.82, 2.24) is 20.5 Å². The number of hydrogen-bond donors (Lipinski definition) is 6. The van der Waals surface area contributed by atoms with E-state index in [9.17, 15) is 29.1 Å². The average molecular weight is 547 g/mol. The van der Waals surface area contributed by atoms with Gasteiger partial charge in [-0.15, -0.1) is 0 Å². The Morgan fingerprint density at radius 2 is 1.92 bits per heavy atom. The number of nitrogens with zero attached hydrogens (tertiary/aromatic N) is 1. The fourth-order valence-corrected chi connectivity index (χ4v) is 5.05. The molecule has 4 unspecified atom stereocenters. The number of hydrogen-bond acceptors (Lipinski definition) is 7. The van der Waals surface area contributed by atoms with Gasteiger partial charge in [-0.25, -0.2) is 4.79 Å². The number of para-hydroxylation sites is 1. The van der Waals surface area contributed by atoms with Crippen LogP contribution in [0.3, 0.4) is 0 Å². The standard InChI is InChI=1S/C25H34N6O6S/c1-38-10-8-18(25(36)37)29-23(34)20-7-4-9-31(20)24(35)19(12-21(27)32)30-22(33)16(26)11-14-13-28-17-6-3-2-5-15(14)17/h2-3,5-6,13,16,18-20,28H,4,7-12,26H2,1H3,(H2,27,32)(H,29,34)(H,30,33)(H,36,37). The van der Waals surface area contributed by atoms with Crippen LogP contribution in [0, 0.1) is 0 Å². The van der Waals surface area contributed by atoms with Gasteiger partial charge in [0, 0.05) is 23.6 Å². The summed E-state index contributed by atoms with van der Waals surface area (Å²) in [7, 11) is 0. The van der Waals surface area contributed by atoms with E-state index in [1.54, 1.807) is 6.20 Å². The fraction of sp³-hybridized carbons (Fsp3) is 0.480. The zero-order valence-electron chi connectivity index (χ0n) is 21.1. The summed E-state index contributed by atoms with van der Waals surface area (Å²) >= 11 is 1.46. The van der Waals surface area contributed by atoms with Crippen LogP contribution in [0.5, 0.6) is 0 Å². The van der Waals surface area contributed by atoms with Crippen LogP contribution in [0.25, 0.3) is 10.9 Å². The number of aromatic nitrogens is 1. The number of carbonyl (C=O) groups excluding carboxylic acids is 4. The molecule has 12 nitrogen and oxygen atoms in total. The molecule has 38 heavy (non-hydrogen) atoms. The van der Waals surface area contributed by atoms with Crippen molar-refractivity contribution in [2.75, 3.05) is 18.6 Å². The van der Waals surface area contributed by atoms with E-state index < -0.39 is 60.2 Å². The van der Waals surface area contributed by atoms with E-state index >= 15 is 0 Å². The number of likely N-dealkylation sites (tertiary alicyclic amines) is 1. The Kier molecular flexibility index (Phi) is 10.1. The zero-order chi connectivity index (χ0) is 27.8. The molecule has 4 atom stereocenters. The summed E-state index contributed by atoms with van der Waals surface area (Å²) in [6.45, 7) is 0.214. The molecule has 1 aromatic carbocycles. The lowest BCUT2D eigenvalue weighted by Crippen LogP contribution is -2.57. The molecule has 0 bridgehead atoms. The number of primary amides is 1. The number of fused-ring (bicyclic) bond motifs is 1. The highest BCUT2D eigenvalue weighted by atomic mass is 32.2. The topological polar surface area (TPSA) is 201 Å². The van der Waals surface area contributed by atoms with Gasteiger partial charge >= 0.3 is 5.97 Å². The highest BCUT2D eigenvalue weighted by molar-refractivity contribution is 7.98. The summed E-state index contributed by atoms with van der Waals surface area (Å²) in [4.78, 5) is 66.9. The molecular formula is C25H34N6O6S. The number of nitrogens with one attached hydrogen (secondary N) is 3. The van der Waals surface area contributed by atoms with E-state index in [-0.39, 0.29) is 19.4 Å². The van der Waals surface area contributed by atoms with E-state index in [2.05, 4.69) is 15.6 Å². The van der Waals surface area contributed by atoms with Crippen LogP contribution in [0.4, 0.5) is 0 Å². The smallest absolute Gasteiger partial charge is 0.326 e. The zero-order valence-corrected chi connectivity index (χ0v) is 22.0. The van der Waals surface area contributed by atoms with Crippen molar-refractivity contribution in [2.45, 2.75) is 56.3 Å². The van der Waals surface area contributed by atoms with Crippen molar-refractivity contribution in [3.05, 3.63) is 36.0 Å². The van der Waals surface area contributed by atoms with Gasteiger partial charge in [0.2, 0.25) is 23.6 Å². The van der Waals surface area contributed by atoms with Gasteiger partial charge in [-0.3, -0.25) is 19.2 Å². The molecule has 0 radical (unpaired) electrons. The summed E-state index contributed by atoms with van der Waals surface area (Å²) in [5, 5.41) is 15.4. The average Bonchev–Trinajstić information content (AvgIpc) is 3.53. The van der Waals surface area contributed by atoms with E-state index in [0.29, 0.717) is 18.6 Å². The number of carbonyl (C=O) groups is 5. The van der Waals surface area contributed by atoms with Gasteiger partial charge in [-0.2, -0.15) is 11.8 Å². The number of amides is 4. The number of thioether (sulfide) groups is 1. The van der Waals surface area contributed by atoms with E-state index in [0.717, 1.165) is 16.5 Å². The Morgan fingerprint density at radius 3 is 2.61 bits per heavy atom. The third-order valence-corrected chi connectivity index (χ3v) is 7.18. The number of nitrogens with two attached hydrogens (primary N) is 2. The highest BCUT2D eigenvalue weighted by Gasteiger charge is 2.39. The van der Waals surface area contributed by atoms with Crippen molar-refractivity contribution in [3.63, 3.8) is 0 Å². The predicted octanol–water partition coefficient (Wildman–Crippen LogP) is -0.289. The molecule has 1 aliphatic heterocycles. The molecular weight excluding hydrogens is 512 g/mol. The Balaban J connectivity index is 1.69. The van der Waals surface area contributed by atoms with Gasteiger partial charge in [-0.1, -0.05) is 18.2 Å². The second kappa shape index (κ2) is 13.3. The molecule has 8 N–H and O–H groups in total. The molecule has 2 heterocycles. The normalized spacial score (nSPS) is 17.5. The second-order valence-electron chi connectivity index (χ2n) is 9.27. The van der Waals surface area contributed by atoms with Crippen LogP contribution in [0.15, 0.2) is 30.5 Å². The lowest BCUT2D eigenvalue weighted by molar-refractivity contribution is -0.145. The minimum atomic E-state index is -1.31. The first-order chi connectivity index (χ1) is 18.1. The molecule has 206 valence electrons. The first-order valence-electron chi connectivity index (χ1n) is 12.3. The van der Waals surface area contributed by atoms with Gasteiger partial charge in [0.05, 0.1) is 12.5 Å². The SMILES string of the molecule is CSCCC(NC(=O)C1CCCN1C(=O)C(CC(N)=O)NC(=O)C(N)Cc1c[nH]c2ccccc12)C(=O)O. The van der Waals surface area contributed by atoms with Crippen molar-refractivity contribution < 1.29 is 29.1 Å². The summed E-state index contributed by atoms with van der Waals surface area (Å²) in [6.07, 6.45) is 4.37. The van der Waals surface area contributed by atoms with Crippen LogP contribution in [0.1, 0.15) is 31.2 Å². The van der Waals surface area contributed by atoms with Gasteiger partial charge < -0.3 is 37.1 Å². The summed E-state index contributed by atoms with van der Waals surface area (Å²) in [6, 6.07) is 3.22. The maximum absolute atomic E-state index is 13.4. The van der Waals surface area contributed by atoms with Crippen molar-refractivity contribution in [1.29, 1.82) is 0 Å². The summed E-state index contributed by atoms with van der Waals surface area (Å²) < 4.78 is 0. The van der Waals surface area contributed by atoms with Gasteiger partial charge in [0.25, 0.3) is 0 Å². The van der Waals surface area contributed by atoms with Crippen LogP contribution < -0.4 is 22.1 Å². The first kappa shape index (κ1) is 29.0. The number of benzene rings is 1. The number of H-pyrrole nitrogens is 1. The van der Waals surface area contributed by atoms with E-state index in [1.807, 2.05) is 30.5 Å². The molecule has 0 spiro atoms. The van der Waals surface area contributed by atoms with Gasteiger partial charge in [0.1, 0.15) is 18.1 Å². The quantitative estimate of drug-likeness (QED) is 0.197. The third kappa shape index (κ3) is 7.25. The lowest BCUT2D eigenvalue weighted by Gasteiger charge is -2.29. The molecule has 1 aromatic heterocycles. The fourth-order valence-electron chi connectivity index (χ4n) is 4.57. The first-order valence-corrected chi connectivity index (χ1v) is 13.7. The number of rotatable bonds is 13. The molecule has 0 aliphatic carbocycles. The molecule has 4 amide bonds. The molecule has 1 fully saturated rings. The van der Waals surface area contributed by atoms with Crippen LogP contribution in [-0.2, 0) is 30.4 Å². The Bertz CT molecular complexity index is 1190. The molecule has 13 heteroatoms. The van der Waals surface area contributed by atoms with E-state index in [1.165, 1.54) is 16.7 Å². The molecule has 1 aliphatic rings. The Labute approximate surface area is 224 Å². The monoisotopic (exact) mass is 546 g/mol. The maximum atomic E-state index is 13.4.